The number of nitrogens with zero attached hydrogens (tertiary/aromatic N) is 1. The number of halogens is 1. The molecule has 0 fully saturated rings. The zero-order chi connectivity index (χ0) is 21.6. The second-order valence-electron chi connectivity index (χ2n) is 6.69. The second kappa shape index (κ2) is 10.3. The number of methoxy groups -OCH3 is 2. The van der Waals surface area contributed by atoms with Crippen LogP contribution in [0.4, 0.5) is 11.4 Å². The van der Waals surface area contributed by atoms with Gasteiger partial charge in [-0.3, -0.25) is 14.5 Å². The van der Waals surface area contributed by atoms with Gasteiger partial charge in [0, 0.05) is 34.0 Å². The van der Waals surface area contributed by atoms with Crippen molar-refractivity contribution in [1.82, 2.24) is 4.90 Å². The summed E-state index contributed by atoms with van der Waals surface area (Å²) in [7, 11) is 4.81. The van der Waals surface area contributed by atoms with E-state index in [-0.39, 0.29) is 18.4 Å². The van der Waals surface area contributed by atoms with Gasteiger partial charge < -0.3 is 20.1 Å². The molecule has 1 atom stereocenters. The van der Waals surface area contributed by atoms with Crippen LogP contribution in [0, 0.1) is 6.92 Å². The van der Waals surface area contributed by atoms with Crippen molar-refractivity contribution in [1.29, 1.82) is 0 Å². The fourth-order valence-corrected chi connectivity index (χ4v) is 3.12. The Labute approximate surface area is 179 Å². The number of amides is 2. The number of nitrogens with one attached hydrogen (secondary N) is 2. The lowest BCUT2D eigenvalue weighted by molar-refractivity contribution is -0.122. The SMILES string of the molecule is COc1cc(NC(=O)[C@H](C)N(C)CC(=O)Nc2ccc(Br)cc2C)cc(OC)c1. The number of hydrogen-bond acceptors (Lipinski definition) is 5. The van der Waals surface area contributed by atoms with Crippen LogP contribution >= 0.6 is 15.9 Å². The van der Waals surface area contributed by atoms with E-state index in [0.717, 1.165) is 15.7 Å². The van der Waals surface area contributed by atoms with Crippen LogP contribution in [0.1, 0.15) is 12.5 Å². The number of carbonyl (C=O) groups excluding carboxylic acids is 2. The fourth-order valence-electron chi connectivity index (χ4n) is 2.65. The zero-order valence-corrected chi connectivity index (χ0v) is 18.8. The third-order valence-electron chi connectivity index (χ3n) is 4.52. The molecular formula is C21H26BrN3O4. The maximum absolute atomic E-state index is 12.6. The zero-order valence-electron chi connectivity index (χ0n) is 17.2. The van der Waals surface area contributed by atoms with Crippen LogP contribution in [0.2, 0.25) is 0 Å². The minimum Gasteiger partial charge on any atom is -0.497 e. The Morgan fingerprint density at radius 3 is 2.24 bits per heavy atom. The molecule has 2 aromatic carbocycles. The predicted molar refractivity (Wildman–Crippen MR) is 118 cm³/mol. The molecule has 0 spiro atoms. The largest absolute Gasteiger partial charge is 0.497 e. The summed E-state index contributed by atoms with van der Waals surface area (Å²) in [5, 5.41) is 5.71. The van der Waals surface area contributed by atoms with Crippen LogP contribution in [0.25, 0.3) is 0 Å². The highest BCUT2D eigenvalue weighted by Gasteiger charge is 2.21. The maximum Gasteiger partial charge on any atom is 0.241 e. The van der Waals surface area contributed by atoms with Crippen LogP contribution in [0.3, 0.4) is 0 Å². The number of hydrogen-bond donors (Lipinski definition) is 2. The van der Waals surface area contributed by atoms with Crippen molar-refractivity contribution in [2.24, 2.45) is 0 Å². The van der Waals surface area contributed by atoms with E-state index in [1.54, 1.807) is 51.3 Å². The molecule has 2 N–H and O–H groups in total. The molecule has 7 nitrogen and oxygen atoms in total. The quantitative estimate of drug-likeness (QED) is 0.624. The molecule has 2 aromatic rings. The third-order valence-corrected chi connectivity index (χ3v) is 5.01. The number of likely N-dealkylation sites (N-methyl/N-ethyl adjacent to an activating group) is 1. The molecule has 156 valence electrons. The van der Waals surface area contributed by atoms with Gasteiger partial charge in [-0.1, -0.05) is 15.9 Å². The van der Waals surface area contributed by atoms with Gasteiger partial charge >= 0.3 is 0 Å². The number of aryl methyl sites for hydroxylation is 1. The molecule has 2 rings (SSSR count). The van der Waals surface area contributed by atoms with Gasteiger partial charge in [-0.05, 0) is 44.7 Å². The molecule has 0 bridgehead atoms. The highest BCUT2D eigenvalue weighted by atomic mass is 79.9. The number of rotatable bonds is 8. The van der Waals surface area contributed by atoms with Crippen molar-refractivity contribution in [2.75, 3.05) is 38.4 Å². The molecule has 8 heteroatoms. The predicted octanol–water partition coefficient (Wildman–Crippen LogP) is 3.67. The van der Waals surface area contributed by atoms with Crippen LogP contribution < -0.4 is 20.1 Å². The van der Waals surface area contributed by atoms with Crippen molar-refractivity contribution in [3.05, 3.63) is 46.4 Å². The van der Waals surface area contributed by atoms with Crippen molar-refractivity contribution >= 4 is 39.1 Å². The topological polar surface area (TPSA) is 79.9 Å². The first-order valence-corrected chi connectivity index (χ1v) is 9.83. The van der Waals surface area contributed by atoms with Crippen LogP contribution in [0.5, 0.6) is 11.5 Å². The average Bonchev–Trinajstić information content (AvgIpc) is 2.68. The van der Waals surface area contributed by atoms with Gasteiger partial charge in [0.25, 0.3) is 0 Å². The normalized spacial score (nSPS) is 11.7. The summed E-state index contributed by atoms with van der Waals surface area (Å²) >= 11 is 3.40. The number of ether oxygens (including phenoxy) is 2. The fraction of sp³-hybridized carbons (Fsp3) is 0.333. The lowest BCUT2D eigenvalue weighted by atomic mass is 10.2. The minimum atomic E-state index is -0.524. The first-order chi connectivity index (χ1) is 13.7. The van der Waals surface area contributed by atoms with Crippen molar-refractivity contribution in [2.45, 2.75) is 19.9 Å². The summed E-state index contributed by atoms with van der Waals surface area (Å²) in [5.41, 5.74) is 2.25. The van der Waals surface area contributed by atoms with E-state index in [1.807, 2.05) is 25.1 Å². The van der Waals surface area contributed by atoms with Gasteiger partial charge in [0.05, 0.1) is 26.8 Å². The van der Waals surface area contributed by atoms with Gasteiger partial charge in [0.15, 0.2) is 0 Å². The Kier molecular flexibility index (Phi) is 8.04. The number of carbonyl (C=O) groups is 2. The Morgan fingerprint density at radius 2 is 1.69 bits per heavy atom. The van der Waals surface area contributed by atoms with Gasteiger partial charge in [0.1, 0.15) is 11.5 Å². The molecule has 0 aromatic heterocycles. The van der Waals surface area contributed by atoms with Crippen molar-refractivity contribution < 1.29 is 19.1 Å². The lowest BCUT2D eigenvalue weighted by Gasteiger charge is -2.23. The molecule has 0 aliphatic heterocycles. The number of benzene rings is 2. The Hall–Kier alpha value is -2.58. The first kappa shape index (κ1) is 22.7. The summed E-state index contributed by atoms with van der Waals surface area (Å²) in [5.74, 6) is 0.714. The highest BCUT2D eigenvalue weighted by molar-refractivity contribution is 9.10. The Balaban J connectivity index is 1.97. The van der Waals surface area contributed by atoms with E-state index < -0.39 is 6.04 Å². The third kappa shape index (κ3) is 6.47. The van der Waals surface area contributed by atoms with Crippen LogP contribution in [-0.4, -0.2) is 50.6 Å². The molecule has 0 aliphatic rings. The van der Waals surface area contributed by atoms with E-state index in [4.69, 9.17) is 9.47 Å². The van der Waals surface area contributed by atoms with Gasteiger partial charge in [0.2, 0.25) is 11.8 Å². The molecule has 0 heterocycles. The van der Waals surface area contributed by atoms with Gasteiger partial charge in [-0.25, -0.2) is 0 Å². The summed E-state index contributed by atoms with van der Waals surface area (Å²) < 4.78 is 11.4. The van der Waals surface area contributed by atoms with E-state index in [2.05, 4.69) is 26.6 Å². The maximum atomic E-state index is 12.6. The molecule has 0 saturated carbocycles. The second-order valence-corrected chi connectivity index (χ2v) is 7.60. The highest BCUT2D eigenvalue weighted by Crippen LogP contribution is 2.26. The van der Waals surface area contributed by atoms with Crippen LogP contribution in [0.15, 0.2) is 40.9 Å². The molecule has 29 heavy (non-hydrogen) atoms. The van der Waals surface area contributed by atoms with E-state index in [9.17, 15) is 9.59 Å². The van der Waals surface area contributed by atoms with Crippen molar-refractivity contribution in [3.63, 3.8) is 0 Å². The molecule has 2 amide bonds. The number of anilines is 2. The minimum absolute atomic E-state index is 0.0749. The molecule has 0 unspecified atom stereocenters. The molecule has 0 aliphatic carbocycles. The summed E-state index contributed by atoms with van der Waals surface area (Å²) in [6.07, 6.45) is 0. The van der Waals surface area contributed by atoms with Crippen LogP contribution in [-0.2, 0) is 9.59 Å². The van der Waals surface area contributed by atoms with E-state index in [1.165, 1.54) is 0 Å². The smallest absolute Gasteiger partial charge is 0.241 e. The van der Waals surface area contributed by atoms with E-state index >= 15 is 0 Å². The van der Waals surface area contributed by atoms with E-state index in [0.29, 0.717) is 17.2 Å². The van der Waals surface area contributed by atoms with Crippen molar-refractivity contribution in [3.8, 4) is 11.5 Å². The Morgan fingerprint density at radius 1 is 1.07 bits per heavy atom. The molecule has 0 saturated heterocycles. The monoisotopic (exact) mass is 463 g/mol. The summed E-state index contributed by atoms with van der Waals surface area (Å²) in [4.78, 5) is 26.7. The van der Waals surface area contributed by atoms with Gasteiger partial charge in [-0.15, -0.1) is 0 Å². The first-order valence-electron chi connectivity index (χ1n) is 9.03. The average molecular weight is 464 g/mol. The molecule has 0 radical (unpaired) electrons. The lowest BCUT2D eigenvalue weighted by Crippen LogP contribution is -2.43. The summed E-state index contributed by atoms with van der Waals surface area (Å²) in [6.45, 7) is 3.74. The standard InChI is InChI=1S/C21H26BrN3O4/c1-13-8-15(22)6-7-19(13)24-20(26)12-25(3)14(2)21(27)23-16-9-17(28-4)11-18(10-16)29-5/h6-11,14H,12H2,1-5H3,(H,23,27)(H,24,26)/t14-/m0/s1. The summed E-state index contributed by atoms with van der Waals surface area (Å²) in [6, 6.07) is 10.2. The van der Waals surface area contributed by atoms with Gasteiger partial charge in [-0.2, -0.15) is 0 Å². The molecular weight excluding hydrogens is 438 g/mol. The Bertz CT molecular complexity index is 866.